The van der Waals surface area contributed by atoms with Gasteiger partial charge in [-0.2, -0.15) is 10.1 Å². The summed E-state index contributed by atoms with van der Waals surface area (Å²) in [5, 5.41) is 6.41. The smallest absolute Gasteiger partial charge is 0.280 e. The molecule has 0 aliphatic carbocycles. The molecule has 1 aliphatic heterocycles. The first kappa shape index (κ1) is 17.3. The van der Waals surface area contributed by atoms with Gasteiger partial charge in [0.05, 0.1) is 22.0 Å². The largest absolute Gasteiger partial charge is 0.457 e. The molecule has 4 nitrogen and oxygen atoms in total. The van der Waals surface area contributed by atoms with Crippen molar-refractivity contribution in [3.8, 4) is 11.3 Å². The lowest BCUT2D eigenvalue weighted by atomic mass is 10.1. The number of anilines is 1. The van der Waals surface area contributed by atoms with Gasteiger partial charge in [0.2, 0.25) is 0 Å². The predicted octanol–water partition coefficient (Wildman–Crippen LogP) is 5.71. The van der Waals surface area contributed by atoms with E-state index in [-0.39, 0.29) is 5.91 Å². The maximum atomic E-state index is 12.8. The first-order chi connectivity index (χ1) is 13.0. The summed E-state index contributed by atoms with van der Waals surface area (Å²) in [5.41, 5.74) is 3.82. The van der Waals surface area contributed by atoms with Crippen molar-refractivity contribution in [3.05, 3.63) is 82.6 Å². The molecule has 0 N–H and O–H groups in total. The molecule has 0 saturated heterocycles. The molecule has 5 heteroatoms. The van der Waals surface area contributed by atoms with Crippen LogP contribution in [-0.4, -0.2) is 11.6 Å². The van der Waals surface area contributed by atoms with Gasteiger partial charge in [-0.15, -0.1) is 0 Å². The van der Waals surface area contributed by atoms with E-state index in [1.807, 2.05) is 74.5 Å². The highest BCUT2D eigenvalue weighted by molar-refractivity contribution is 6.33. The molecule has 27 heavy (non-hydrogen) atoms. The number of benzene rings is 2. The molecule has 0 radical (unpaired) electrons. The first-order valence-electron chi connectivity index (χ1n) is 8.56. The standard InChI is InChI=1S/C22H17ClN2O2/c1-14-8-10-20(23)19(12-14)21-11-9-17(27-21)13-18-15(2)24-25(22(18)26)16-6-4-3-5-7-16/h3-13H,1-2H3/b18-13+. The Morgan fingerprint density at radius 2 is 1.81 bits per heavy atom. The number of furan rings is 1. The zero-order valence-corrected chi connectivity index (χ0v) is 15.7. The number of aryl methyl sites for hydroxylation is 1. The lowest BCUT2D eigenvalue weighted by molar-refractivity contribution is -0.114. The van der Waals surface area contributed by atoms with Gasteiger partial charge in [-0.1, -0.05) is 41.4 Å². The van der Waals surface area contributed by atoms with Crippen molar-refractivity contribution in [1.29, 1.82) is 0 Å². The third-order valence-corrected chi connectivity index (χ3v) is 4.69. The Morgan fingerprint density at radius 3 is 2.59 bits per heavy atom. The molecule has 0 unspecified atom stereocenters. The lowest BCUT2D eigenvalue weighted by Gasteiger charge is -2.10. The van der Waals surface area contributed by atoms with Gasteiger partial charge in [-0.05, 0) is 56.3 Å². The monoisotopic (exact) mass is 376 g/mol. The van der Waals surface area contributed by atoms with Crippen molar-refractivity contribution in [1.82, 2.24) is 0 Å². The minimum absolute atomic E-state index is 0.176. The Balaban J connectivity index is 1.65. The van der Waals surface area contributed by atoms with E-state index in [0.29, 0.717) is 27.8 Å². The molecule has 0 atom stereocenters. The quantitative estimate of drug-likeness (QED) is 0.549. The maximum absolute atomic E-state index is 12.8. The number of rotatable bonds is 3. The van der Waals surface area contributed by atoms with Gasteiger partial charge in [0.25, 0.3) is 5.91 Å². The summed E-state index contributed by atoms with van der Waals surface area (Å²) in [6.45, 7) is 3.81. The molecule has 134 valence electrons. The number of para-hydroxylation sites is 1. The molecule has 2 aromatic carbocycles. The number of nitrogens with zero attached hydrogens (tertiary/aromatic N) is 2. The number of halogens is 1. The fourth-order valence-electron chi connectivity index (χ4n) is 2.97. The highest BCUT2D eigenvalue weighted by atomic mass is 35.5. The average molecular weight is 377 g/mol. The highest BCUT2D eigenvalue weighted by Crippen LogP contribution is 2.31. The van der Waals surface area contributed by atoms with Crippen molar-refractivity contribution >= 4 is 35.0 Å². The normalized spacial score (nSPS) is 15.5. The molecule has 3 aromatic rings. The van der Waals surface area contributed by atoms with E-state index in [1.54, 1.807) is 6.08 Å². The number of hydrogen-bond acceptors (Lipinski definition) is 3. The third kappa shape index (κ3) is 3.32. The highest BCUT2D eigenvalue weighted by Gasteiger charge is 2.28. The Hall–Kier alpha value is -3.11. The molecule has 1 aromatic heterocycles. The second kappa shape index (κ2) is 6.89. The van der Waals surface area contributed by atoms with Gasteiger partial charge in [-0.3, -0.25) is 4.79 Å². The summed E-state index contributed by atoms with van der Waals surface area (Å²) in [7, 11) is 0. The molecule has 1 aliphatic rings. The first-order valence-corrected chi connectivity index (χ1v) is 8.94. The SMILES string of the molecule is CC1=NN(c2ccccc2)C(=O)/C1=C/c1ccc(-c2cc(C)ccc2Cl)o1. The predicted molar refractivity (Wildman–Crippen MR) is 109 cm³/mol. The van der Waals surface area contributed by atoms with Crippen molar-refractivity contribution < 1.29 is 9.21 Å². The zero-order chi connectivity index (χ0) is 19.0. The fourth-order valence-corrected chi connectivity index (χ4v) is 3.18. The molecule has 2 heterocycles. The molecule has 0 fully saturated rings. The maximum Gasteiger partial charge on any atom is 0.280 e. The summed E-state index contributed by atoms with van der Waals surface area (Å²) in [5.74, 6) is 1.07. The van der Waals surface area contributed by atoms with Crippen LogP contribution in [0.3, 0.4) is 0 Å². The Morgan fingerprint density at radius 1 is 1.04 bits per heavy atom. The minimum Gasteiger partial charge on any atom is -0.457 e. The van der Waals surface area contributed by atoms with Gasteiger partial charge in [0.1, 0.15) is 11.5 Å². The van der Waals surface area contributed by atoms with Crippen LogP contribution in [0.4, 0.5) is 5.69 Å². The summed E-state index contributed by atoms with van der Waals surface area (Å²) < 4.78 is 5.92. The fraction of sp³-hybridized carbons (Fsp3) is 0.0909. The zero-order valence-electron chi connectivity index (χ0n) is 14.9. The van der Waals surface area contributed by atoms with Crippen molar-refractivity contribution in [2.75, 3.05) is 5.01 Å². The van der Waals surface area contributed by atoms with Crippen LogP contribution in [0, 0.1) is 6.92 Å². The van der Waals surface area contributed by atoms with E-state index in [2.05, 4.69) is 5.10 Å². The van der Waals surface area contributed by atoms with Crippen LogP contribution in [0.2, 0.25) is 5.02 Å². The van der Waals surface area contributed by atoms with Crippen LogP contribution in [0.1, 0.15) is 18.2 Å². The molecule has 0 spiro atoms. The third-order valence-electron chi connectivity index (χ3n) is 4.36. The second-order valence-electron chi connectivity index (χ2n) is 6.38. The van der Waals surface area contributed by atoms with Crippen LogP contribution in [0.25, 0.3) is 17.4 Å². The van der Waals surface area contributed by atoms with E-state index < -0.39 is 0 Å². The number of hydrogen-bond donors (Lipinski definition) is 0. The molecule has 0 bridgehead atoms. The molecular weight excluding hydrogens is 360 g/mol. The Kier molecular flexibility index (Phi) is 4.42. The van der Waals surface area contributed by atoms with Gasteiger partial charge in [-0.25, -0.2) is 0 Å². The summed E-state index contributed by atoms with van der Waals surface area (Å²) in [4.78, 5) is 12.8. The van der Waals surface area contributed by atoms with Gasteiger partial charge >= 0.3 is 0 Å². The Labute approximate surface area is 162 Å². The number of hydrazone groups is 1. The van der Waals surface area contributed by atoms with Crippen LogP contribution in [0.15, 0.2) is 75.8 Å². The molecule has 0 saturated carbocycles. The average Bonchev–Trinajstić information content (AvgIpc) is 3.24. The van der Waals surface area contributed by atoms with Crippen LogP contribution in [0.5, 0.6) is 0 Å². The topological polar surface area (TPSA) is 45.8 Å². The van der Waals surface area contributed by atoms with E-state index in [4.69, 9.17) is 16.0 Å². The van der Waals surface area contributed by atoms with Gasteiger partial charge < -0.3 is 4.42 Å². The summed E-state index contributed by atoms with van der Waals surface area (Å²) >= 11 is 6.29. The van der Waals surface area contributed by atoms with Crippen LogP contribution >= 0.6 is 11.6 Å². The van der Waals surface area contributed by atoms with Crippen molar-refractivity contribution in [2.45, 2.75) is 13.8 Å². The van der Waals surface area contributed by atoms with Gasteiger partial charge in [0.15, 0.2) is 0 Å². The van der Waals surface area contributed by atoms with E-state index in [1.165, 1.54) is 5.01 Å². The van der Waals surface area contributed by atoms with Crippen LogP contribution in [-0.2, 0) is 4.79 Å². The molecule has 1 amide bonds. The molecular formula is C22H17ClN2O2. The summed E-state index contributed by atoms with van der Waals surface area (Å²) in [6.07, 6.45) is 1.72. The van der Waals surface area contributed by atoms with Crippen LogP contribution < -0.4 is 5.01 Å². The lowest BCUT2D eigenvalue weighted by Crippen LogP contribution is -2.21. The van der Waals surface area contributed by atoms with E-state index in [0.717, 1.165) is 16.8 Å². The van der Waals surface area contributed by atoms with E-state index in [9.17, 15) is 4.79 Å². The van der Waals surface area contributed by atoms with E-state index >= 15 is 0 Å². The van der Waals surface area contributed by atoms with Crippen molar-refractivity contribution in [3.63, 3.8) is 0 Å². The van der Waals surface area contributed by atoms with Gasteiger partial charge in [0, 0.05) is 5.56 Å². The number of carbonyl (C=O) groups is 1. The number of carbonyl (C=O) groups excluding carboxylic acids is 1. The van der Waals surface area contributed by atoms with Crippen molar-refractivity contribution in [2.24, 2.45) is 5.10 Å². The second-order valence-corrected chi connectivity index (χ2v) is 6.79. The number of amides is 1. The minimum atomic E-state index is -0.176. The summed E-state index contributed by atoms with van der Waals surface area (Å²) in [6, 6.07) is 18.8. The molecule has 4 rings (SSSR count). The Bertz CT molecular complexity index is 1080.